The van der Waals surface area contributed by atoms with Gasteiger partial charge in [-0.15, -0.1) is 0 Å². The number of nitrogens with zero attached hydrogens (tertiary/aromatic N) is 4. The Bertz CT molecular complexity index is 1030. The number of nitro groups is 1. The van der Waals surface area contributed by atoms with E-state index in [9.17, 15) is 14.9 Å². The smallest absolute Gasteiger partial charge is 0.303 e. The van der Waals surface area contributed by atoms with Gasteiger partial charge in [-0.25, -0.2) is 0 Å². The Hall–Kier alpha value is -3.08. The summed E-state index contributed by atoms with van der Waals surface area (Å²) < 4.78 is 0. The molecule has 1 aliphatic heterocycles. The minimum Gasteiger partial charge on any atom is -0.374 e. The lowest BCUT2D eigenvalue weighted by Gasteiger charge is -2.08. The molecule has 0 aliphatic carbocycles. The number of carbonyl (C=O) groups excluding carboxylic acids is 1. The molecular formula is C16H10Cl2N6O3S. The summed E-state index contributed by atoms with van der Waals surface area (Å²) in [6.07, 6.45) is 0. The lowest BCUT2D eigenvalue weighted by atomic mass is 10.1. The molecule has 0 saturated carbocycles. The van der Waals surface area contributed by atoms with Crippen LogP contribution in [0.15, 0.2) is 52.7 Å². The van der Waals surface area contributed by atoms with Gasteiger partial charge < -0.3 is 5.73 Å². The number of benzene rings is 2. The predicted octanol–water partition coefficient (Wildman–Crippen LogP) is 3.16. The van der Waals surface area contributed by atoms with Gasteiger partial charge in [0.2, 0.25) is 0 Å². The minimum atomic E-state index is -0.645. The number of rotatable bonds is 4. The maximum Gasteiger partial charge on any atom is 0.303 e. The number of nitro benzene ring substituents is 1. The van der Waals surface area contributed by atoms with Crippen molar-refractivity contribution in [1.82, 2.24) is 5.01 Å². The van der Waals surface area contributed by atoms with Crippen LogP contribution in [0.1, 0.15) is 5.56 Å². The van der Waals surface area contributed by atoms with Crippen LogP contribution in [0.3, 0.4) is 0 Å². The highest BCUT2D eigenvalue weighted by molar-refractivity contribution is 7.80. The molecule has 28 heavy (non-hydrogen) atoms. The lowest BCUT2D eigenvalue weighted by Crippen LogP contribution is -2.36. The van der Waals surface area contributed by atoms with E-state index in [4.69, 9.17) is 41.2 Å². The maximum atomic E-state index is 12.6. The summed E-state index contributed by atoms with van der Waals surface area (Å²) in [7, 11) is 0. The van der Waals surface area contributed by atoms with Gasteiger partial charge in [-0.3, -0.25) is 20.3 Å². The SMILES string of the molecule is NC(=S)N1N=C(c2ccccc2)/C(=N\Nc2c(Cl)cc([N+](=O)[O-])cc2Cl)C1=O. The number of nitrogens with two attached hydrogens (primary N) is 1. The molecule has 0 saturated heterocycles. The number of non-ortho nitro benzene ring substituents is 1. The fraction of sp³-hybridized carbons (Fsp3) is 0. The Balaban J connectivity index is 2.00. The molecule has 1 aliphatic rings. The number of halogens is 2. The highest BCUT2D eigenvalue weighted by atomic mass is 35.5. The van der Waals surface area contributed by atoms with Gasteiger partial charge >= 0.3 is 5.91 Å². The molecule has 0 unspecified atom stereocenters. The first kappa shape index (κ1) is 19.7. The van der Waals surface area contributed by atoms with Gasteiger partial charge in [0.25, 0.3) is 5.69 Å². The number of hydrazone groups is 2. The Morgan fingerprint density at radius 2 is 1.86 bits per heavy atom. The summed E-state index contributed by atoms with van der Waals surface area (Å²) in [4.78, 5) is 22.8. The second kappa shape index (κ2) is 7.89. The Labute approximate surface area is 173 Å². The van der Waals surface area contributed by atoms with Crippen LogP contribution in [0, 0.1) is 10.1 Å². The third-order valence-corrected chi connectivity index (χ3v) is 4.36. The Kier molecular flexibility index (Phi) is 5.54. The highest BCUT2D eigenvalue weighted by Gasteiger charge is 2.34. The van der Waals surface area contributed by atoms with E-state index in [0.29, 0.717) is 5.56 Å². The second-order valence-electron chi connectivity index (χ2n) is 5.38. The van der Waals surface area contributed by atoms with Crippen molar-refractivity contribution in [3.05, 3.63) is 68.2 Å². The molecule has 142 valence electrons. The molecule has 0 bridgehead atoms. The topological polar surface area (TPSA) is 126 Å². The number of amides is 1. The van der Waals surface area contributed by atoms with Gasteiger partial charge in [-0.05, 0) is 12.2 Å². The first-order valence-corrected chi connectivity index (χ1v) is 8.71. The average molecular weight is 437 g/mol. The zero-order valence-corrected chi connectivity index (χ0v) is 16.1. The molecule has 2 aromatic rings. The van der Waals surface area contributed by atoms with Crippen LogP contribution in [-0.4, -0.2) is 32.4 Å². The molecule has 0 aromatic heterocycles. The third-order valence-electron chi connectivity index (χ3n) is 3.59. The number of hydrogen-bond donors (Lipinski definition) is 2. The fourth-order valence-electron chi connectivity index (χ4n) is 2.32. The van der Waals surface area contributed by atoms with Crippen molar-refractivity contribution in [2.45, 2.75) is 0 Å². The van der Waals surface area contributed by atoms with Gasteiger partial charge in [0.05, 0.1) is 20.7 Å². The van der Waals surface area contributed by atoms with E-state index in [0.717, 1.165) is 17.1 Å². The maximum absolute atomic E-state index is 12.6. The van der Waals surface area contributed by atoms with Crippen LogP contribution >= 0.6 is 35.4 Å². The first-order chi connectivity index (χ1) is 13.3. The summed E-state index contributed by atoms with van der Waals surface area (Å²) in [5.74, 6) is -0.645. The molecule has 1 amide bonds. The van der Waals surface area contributed by atoms with Crippen molar-refractivity contribution in [3.8, 4) is 0 Å². The molecule has 2 aromatic carbocycles. The van der Waals surface area contributed by atoms with Gasteiger partial charge in [0.15, 0.2) is 10.8 Å². The van der Waals surface area contributed by atoms with Crippen molar-refractivity contribution in [1.29, 1.82) is 0 Å². The van der Waals surface area contributed by atoms with E-state index in [1.165, 1.54) is 0 Å². The number of hydrogen-bond acceptors (Lipinski definition) is 7. The monoisotopic (exact) mass is 436 g/mol. The van der Waals surface area contributed by atoms with E-state index in [-0.39, 0.29) is 38.0 Å². The summed E-state index contributed by atoms with van der Waals surface area (Å²) in [6.45, 7) is 0. The minimum absolute atomic E-state index is 0.0432. The molecule has 3 rings (SSSR count). The van der Waals surface area contributed by atoms with E-state index < -0.39 is 10.8 Å². The van der Waals surface area contributed by atoms with Crippen molar-refractivity contribution >= 4 is 69.2 Å². The Morgan fingerprint density at radius 1 is 1.25 bits per heavy atom. The largest absolute Gasteiger partial charge is 0.374 e. The zero-order valence-electron chi connectivity index (χ0n) is 13.8. The van der Waals surface area contributed by atoms with Gasteiger partial charge in [-0.2, -0.15) is 15.2 Å². The second-order valence-corrected chi connectivity index (χ2v) is 6.62. The van der Waals surface area contributed by atoms with E-state index >= 15 is 0 Å². The predicted molar refractivity (Wildman–Crippen MR) is 111 cm³/mol. The molecule has 0 atom stereocenters. The van der Waals surface area contributed by atoms with Crippen LogP contribution < -0.4 is 11.2 Å². The normalized spacial score (nSPS) is 14.9. The molecular weight excluding hydrogens is 427 g/mol. The molecule has 0 radical (unpaired) electrons. The molecule has 9 nitrogen and oxygen atoms in total. The van der Waals surface area contributed by atoms with Crippen LogP contribution in [0.2, 0.25) is 10.0 Å². The van der Waals surface area contributed by atoms with Gasteiger partial charge in [-0.1, -0.05) is 53.5 Å². The number of anilines is 1. The Morgan fingerprint density at radius 3 is 2.39 bits per heavy atom. The van der Waals surface area contributed by atoms with Crippen molar-refractivity contribution in [2.24, 2.45) is 15.9 Å². The molecule has 1 heterocycles. The van der Waals surface area contributed by atoms with E-state index in [1.807, 2.05) is 0 Å². The van der Waals surface area contributed by atoms with Crippen LogP contribution in [-0.2, 0) is 4.79 Å². The highest BCUT2D eigenvalue weighted by Crippen LogP contribution is 2.34. The molecule has 12 heteroatoms. The average Bonchev–Trinajstić information content (AvgIpc) is 2.98. The van der Waals surface area contributed by atoms with Crippen molar-refractivity contribution < 1.29 is 9.72 Å². The molecule has 0 spiro atoms. The quantitative estimate of drug-likeness (QED) is 0.430. The van der Waals surface area contributed by atoms with Crippen molar-refractivity contribution in [3.63, 3.8) is 0 Å². The van der Waals surface area contributed by atoms with Crippen LogP contribution in [0.4, 0.5) is 11.4 Å². The summed E-state index contributed by atoms with van der Waals surface area (Å²) in [5.41, 5.74) is 8.68. The van der Waals surface area contributed by atoms with E-state index in [2.05, 4.69) is 15.6 Å². The first-order valence-electron chi connectivity index (χ1n) is 7.55. The van der Waals surface area contributed by atoms with Crippen LogP contribution in [0.5, 0.6) is 0 Å². The summed E-state index contributed by atoms with van der Waals surface area (Å²) in [5, 5.41) is 19.6. The standard InChI is InChI=1S/C16H10Cl2N6O3S/c17-10-6-9(24(26)27)7-11(18)13(10)20-21-14-12(8-4-2-1-3-5-8)22-23(15(14)25)16(19)28/h1-7,20H,(H2,19,28)/b21-14+. The van der Waals surface area contributed by atoms with Gasteiger partial charge in [0.1, 0.15) is 5.71 Å². The van der Waals surface area contributed by atoms with Gasteiger partial charge in [0, 0.05) is 17.7 Å². The van der Waals surface area contributed by atoms with Crippen LogP contribution in [0.25, 0.3) is 0 Å². The fourth-order valence-corrected chi connectivity index (χ4v) is 3.00. The number of nitrogens with one attached hydrogen (secondary N) is 1. The van der Waals surface area contributed by atoms with Crippen molar-refractivity contribution in [2.75, 3.05) is 5.43 Å². The lowest BCUT2D eigenvalue weighted by molar-refractivity contribution is -0.384. The summed E-state index contributed by atoms with van der Waals surface area (Å²) >= 11 is 16.9. The summed E-state index contributed by atoms with van der Waals surface area (Å²) in [6, 6.07) is 11.0. The number of thiocarbonyl (C=S) groups is 1. The molecule has 0 fully saturated rings. The van der Waals surface area contributed by atoms with E-state index in [1.54, 1.807) is 30.3 Å². The number of carbonyl (C=O) groups is 1. The molecule has 3 N–H and O–H groups in total. The zero-order chi connectivity index (χ0) is 20.4. The third kappa shape index (κ3) is 3.79.